The number of hydrogen-bond acceptors (Lipinski definition) is 4. The quantitative estimate of drug-likeness (QED) is 0.333. The molecule has 0 amide bonds. The number of aliphatic imine (C=N–C) groups is 1. The van der Waals surface area contributed by atoms with E-state index in [4.69, 9.17) is 4.74 Å². The van der Waals surface area contributed by atoms with Crippen molar-refractivity contribution in [2.24, 2.45) is 4.99 Å². The van der Waals surface area contributed by atoms with Gasteiger partial charge in [-0.15, -0.1) is 0 Å². The van der Waals surface area contributed by atoms with Crippen LogP contribution in [0, 0.1) is 5.82 Å². The predicted molar refractivity (Wildman–Crippen MR) is 107 cm³/mol. The van der Waals surface area contributed by atoms with E-state index in [1.807, 2.05) is 6.07 Å². The highest BCUT2D eigenvalue weighted by atomic mass is 32.2. The van der Waals surface area contributed by atoms with Gasteiger partial charge in [0, 0.05) is 33.8 Å². The molecule has 2 rings (SSSR count). The lowest BCUT2D eigenvalue weighted by Gasteiger charge is -2.12. The second kappa shape index (κ2) is 10.7. The molecule has 0 saturated heterocycles. The molecule has 0 fully saturated rings. The van der Waals surface area contributed by atoms with E-state index in [1.54, 1.807) is 38.4 Å². The maximum atomic E-state index is 13.2. The number of methoxy groups -OCH3 is 1. The van der Waals surface area contributed by atoms with Gasteiger partial charge in [0.15, 0.2) is 5.96 Å². The lowest BCUT2D eigenvalue weighted by molar-refractivity contribution is 0.203. The van der Waals surface area contributed by atoms with E-state index in [1.165, 1.54) is 18.2 Å². The topological polar surface area (TPSA) is 91.8 Å². The molecule has 152 valence electrons. The summed E-state index contributed by atoms with van der Waals surface area (Å²) in [5, 5.41) is 6.19. The molecule has 0 heterocycles. The average Bonchev–Trinajstić information content (AvgIpc) is 2.69. The Morgan fingerprint density at radius 3 is 2.46 bits per heavy atom. The molecular formula is C19H25FN4O3S. The van der Waals surface area contributed by atoms with Crippen molar-refractivity contribution in [1.82, 2.24) is 15.4 Å². The van der Waals surface area contributed by atoms with Crippen LogP contribution in [0.25, 0.3) is 0 Å². The van der Waals surface area contributed by atoms with Gasteiger partial charge in [-0.25, -0.2) is 17.5 Å². The van der Waals surface area contributed by atoms with Crippen molar-refractivity contribution >= 4 is 16.0 Å². The highest BCUT2D eigenvalue weighted by molar-refractivity contribution is 7.89. The van der Waals surface area contributed by atoms with Crippen LogP contribution < -0.4 is 15.4 Å². The van der Waals surface area contributed by atoms with Crippen LogP contribution in [-0.2, 0) is 27.8 Å². The normalized spacial score (nSPS) is 12.0. The summed E-state index contributed by atoms with van der Waals surface area (Å²) in [6.45, 7) is 1.57. The van der Waals surface area contributed by atoms with E-state index in [0.717, 1.165) is 5.56 Å². The third kappa shape index (κ3) is 6.91. The number of rotatable bonds is 9. The van der Waals surface area contributed by atoms with Gasteiger partial charge in [-0.05, 0) is 35.4 Å². The van der Waals surface area contributed by atoms with Gasteiger partial charge < -0.3 is 15.4 Å². The summed E-state index contributed by atoms with van der Waals surface area (Å²) < 4.78 is 45.8. The Bertz CT molecular complexity index is 904. The van der Waals surface area contributed by atoms with Crippen LogP contribution in [-0.4, -0.2) is 41.7 Å². The van der Waals surface area contributed by atoms with Crippen molar-refractivity contribution in [3.8, 4) is 0 Å². The van der Waals surface area contributed by atoms with Crippen LogP contribution in [0.1, 0.15) is 11.1 Å². The maximum absolute atomic E-state index is 13.2. The minimum atomic E-state index is -3.72. The standard InChI is InChI=1S/C19H25FN4O3S/c1-21-19(22-9-10-27-2)23-13-16-6-4-8-18(12-16)28(25,26)24-14-15-5-3-7-17(20)11-15/h3-8,11-12,24H,9-10,13-14H2,1-2H3,(H2,21,22,23). The van der Waals surface area contributed by atoms with Gasteiger partial charge >= 0.3 is 0 Å². The molecule has 0 spiro atoms. The van der Waals surface area contributed by atoms with E-state index in [9.17, 15) is 12.8 Å². The lowest BCUT2D eigenvalue weighted by Crippen LogP contribution is -2.38. The largest absolute Gasteiger partial charge is 0.383 e. The molecule has 0 aliphatic carbocycles. The molecule has 0 saturated carbocycles. The molecule has 0 aliphatic rings. The van der Waals surface area contributed by atoms with Crippen LogP contribution in [0.4, 0.5) is 4.39 Å². The van der Waals surface area contributed by atoms with Crippen molar-refractivity contribution in [3.63, 3.8) is 0 Å². The smallest absolute Gasteiger partial charge is 0.240 e. The first-order chi connectivity index (χ1) is 13.4. The van der Waals surface area contributed by atoms with E-state index in [2.05, 4.69) is 20.3 Å². The van der Waals surface area contributed by atoms with E-state index in [-0.39, 0.29) is 11.4 Å². The number of nitrogens with zero attached hydrogens (tertiary/aromatic N) is 1. The van der Waals surface area contributed by atoms with Crippen LogP contribution in [0.5, 0.6) is 0 Å². The summed E-state index contributed by atoms with van der Waals surface area (Å²) >= 11 is 0. The molecule has 0 unspecified atom stereocenters. The zero-order chi connectivity index (χ0) is 20.4. The fourth-order valence-electron chi connectivity index (χ4n) is 2.41. The van der Waals surface area contributed by atoms with Crippen molar-refractivity contribution in [2.75, 3.05) is 27.3 Å². The van der Waals surface area contributed by atoms with Crippen molar-refractivity contribution in [1.29, 1.82) is 0 Å². The van der Waals surface area contributed by atoms with Gasteiger partial charge in [0.2, 0.25) is 10.0 Å². The maximum Gasteiger partial charge on any atom is 0.240 e. The molecule has 0 aliphatic heterocycles. The Balaban J connectivity index is 1.98. The molecule has 0 atom stereocenters. The van der Waals surface area contributed by atoms with Crippen LogP contribution in [0.2, 0.25) is 0 Å². The highest BCUT2D eigenvalue weighted by Gasteiger charge is 2.14. The SMILES string of the molecule is CN=C(NCCOC)NCc1cccc(S(=O)(=O)NCc2cccc(F)c2)c1. The summed E-state index contributed by atoms with van der Waals surface area (Å²) in [4.78, 5) is 4.24. The van der Waals surface area contributed by atoms with Gasteiger partial charge in [0.25, 0.3) is 0 Å². The number of sulfonamides is 1. The molecular weight excluding hydrogens is 383 g/mol. The molecule has 9 heteroatoms. The average molecular weight is 408 g/mol. The van der Waals surface area contributed by atoms with Gasteiger partial charge in [-0.1, -0.05) is 24.3 Å². The third-order valence-corrected chi connectivity index (χ3v) is 5.25. The monoisotopic (exact) mass is 408 g/mol. The Hall–Kier alpha value is -2.49. The summed E-state index contributed by atoms with van der Waals surface area (Å²) in [5.41, 5.74) is 1.33. The van der Waals surface area contributed by atoms with Crippen LogP contribution in [0.3, 0.4) is 0 Å². The minimum Gasteiger partial charge on any atom is -0.383 e. The van der Waals surface area contributed by atoms with Crippen LogP contribution in [0.15, 0.2) is 58.4 Å². The Kier molecular flexibility index (Phi) is 8.37. The fourth-order valence-corrected chi connectivity index (χ4v) is 3.50. The number of benzene rings is 2. The Labute approximate surface area is 165 Å². The summed E-state index contributed by atoms with van der Waals surface area (Å²) in [5.74, 6) is 0.187. The zero-order valence-electron chi connectivity index (χ0n) is 15.9. The summed E-state index contributed by atoms with van der Waals surface area (Å²) in [6, 6.07) is 12.4. The zero-order valence-corrected chi connectivity index (χ0v) is 16.7. The van der Waals surface area contributed by atoms with Crippen molar-refractivity contribution < 1.29 is 17.5 Å². The minimum absolute atomic E-state index is 0.0125. The van der Waals surface area contributed by atoms with E-state index in [0.29, 0.717) is 31.2 Å². The molecule has 7 nitrogen and oxygen atoms in total. The predicted octanol–water partition coefficient (Wildman–Crippen LogP) is 1.62. The van der Waals surface area contributed by atoms with Gasteiger partial charge in [0.05, 0.1) is 11.5 Å². The van der Waals surface area contributed by atoms with Gasteiger partial charge in [0.1, 0.15) is 5.82 Å². The fraction of sp³-hybridized carbons (Fsp3) is 0.316. The van der Waals surface area contributed by atoms with Crippen molar-refractivity contribution in [2.45, 2.75) is 18.0 Å². The van der Waals surface area contributed by atoms with Crippen LogP contribution >= 0.6 is 0 Å². The second-order valence-electron chi connectivity index (χ2n) is 5.95. The second-order valence-corrected chi connectivity index (χ2v) is 7.71. The first-order valence-electron chi connectivity index (χ1n) is 8.71. The van der Waals surface area contributed by atoms with Crippen molar-refractivity contribution in [3.05, 3.63) is 65.5 Å². The first-order valence-corrected chi connectivity index (χ1v) is 10.2. The molecule has 2 aromatic rings. The number of nitrogens with one attached hydrogen (secondary N) is 3. The van der Waals surface area contributed by atoms with E-state index >= 15 is 0 Å². The van der Waals surface area contributed by atoms with Gasteiger partial charge in [-0.3, -0.25) is 4.99 Å². The van der Waals surface area contributed by atoms with Gasteiger partial charge in [-0.2, -0.15) is 0 Å². The highest BCUT2D eigenvalue weighted by Crippen LogP contribution is 2.13. The summed E-state index contributed by atoms with van der Waals surface area (Å²) in [6.07, 6.45) is 0. The van der Waals surface area contributed by atoms with E-state index < -0.39 is 15.8 Å². The molecule has 28 heavy (non-hydrogen) atoms. The number of hydrogen-bond donors (Lipinski definition) is 3. The number of guanidine groups is 1. The lowest BCUT2D eigenvalue weighted by atomic mass is 10.2. The molecule has 0 bridgehead atoms. The number of halogens is 1. The molecule has 0 radical (unpaired) electrons. The Morgan fingerprint density at radius 1 is 1.07 bits per heavy atom. The molecule has 3 N–H and O–H groups in total. The molecule has 0 aromatic heterocycles. The Morgan fingerprint density at radius 2 is 1.79 bits per heavy atom. The number of ether oxygens (including phenoxy) is 1. The first kappa shape index (κ1) is 21.8. The third-order valence-electron chi connectivity index (χ3n) is 3.85. The molecule has 2 aromatic carbocycles. The summed E-state index contributed by atoms with van der Waals surface area (Å²) in [7, 11) is -0.449.